The molecule has 0 atom stereocenters. The number of aryl methyl sites for hydroxylation is 3. The molecule has 3 aromatic rings. The monoisotopic (exact) mass is 457 g/mol. The van der Waals surface area contributed by atoms with Crippen LogP contribution in [-0.4, -0.2) is 17.6 Å². The Balaban J connectivity index is 1.63. The van der Waals surface area contributed by atoms with E-state index in [4.69, 9.17) is 9.47 Å². The van der Waals surface area contributed by atoms with E-state index in [1.165, 1.54) is 12.1 Å². The molecule has 2 aromatic carbocycles. The van der Waals surface area contributed by atoms with Gasteiger partial charge < -0.3 is 9.47 Å². The third-order valence-electron chi connectivity index (χ3n) is 5.25. The molecule has 1 heterocycles. The third-order valence-corrected chi connectivity index (χ3v) is 5.25. The highest BCUT2D eigenvalue weighted by molar-refractivity contribution is 5.69. The van der Waals surface area contributed by atoms with E-state index in [1.807, 2.05) is 38.1 Å². The van der Waals surface area contributed by atoms with E-state index in [2.05, 4.69) is 4.98 Å². The summed E-state index contributed by atoms with van der Waals surface area (Å²) in [5.41, 5.74) is 4.16. The minimum atomic E-state index is -4.36. The first-order chi connectivity index (χ1) is 15.7. The fraction of sp³-hybridized carbons (Fsp3) is 0.308. The molecular weight excluding hydrogens is 431 g/mol. The van der Waals surface area contributed by atoms with Crippen LogP contribution < -0.4 is 4.74 Å². The van der Waals surface area contributed by atoms with E-state index in [9.17, 15) is 18.0 Å². The van der Waals surface area contributed by atoms with Crippen LogP contribution in [0.2, 0.25) is 0 Å². The third kappa shape index (κ3) is 6.57. The van der Waals surface area contributed by atoms with Crippen molar-refractivity contribution in [2.45, 2.75) is 46.4 Å². The molecule has 0 fully saturated rings. The highest BCUT2D eigenvalue weighted by atomic mass is 19.4. The standard InChI is InChI=1S/C26H26F3NO3/c1-4-32-25(31)14-6-19-5-13-24(17(2)15-19)33-16-21-9-12-23(30-18(21)3)20-7-10-22(11-8-20)26(27,28)29/h5,7-13,15H,4,6,14,16H2,1-3H3. The number of esters is 1. The van der Waals surface area contributed by atoms with Crippen LogP contribution in [0.15, 0.2) is 54.6 Å². The number of rotatable bonds is 8. The van der Waals surface area contributed by atoms with Crippen molar-refractivity contribution in [1.29, 1.82) is 0 Å². The second kappa shape index (κ2) is 10.5. The first-order valence-corrected chi connectivity index (χ1v) is 10.7. The topological polar surface area (TPSA) is 48.4 Å². The molecule has 0 saturated carbocycles. The average molecular weight is 457 g/mol. The fourth-order valence-electron chi connectivity index (χ4n) is 3.40. The summed E-state index contributed by atoms with van der Waals surface area (Å²) >= 11 is 0. The second-order valence-electron chi connectivity index (χ2n) is 7.71. The first-order valence-electron chi connectivity index (χ1n) is 10.7. The highest BCUT2D eigenvalue weighted by Crippen LogP contribution is 2.31. The van der Waals surface area contributed by atoms with Crippen molar-refractivity contribution in [3.63, 3.8) is 0 Å². The molecule has 0 aliphatic heterocycles. The molecule has 0 bridgehead atoms. The molecular formula is C26H26F3NO3. The van der Waals surface area contributed by atoms with Gasteiger partial charge in [0, 0.05) is 23.2 Å². The molecule has 174 valence electrons. The number of pyridine rings is 1. The Morgan fingerprint density at radius 3 is 2.33 bits per heavy atom. The Morgan fingerprint density at radius 1 is 1.00 bits per heavy atom. The molecule has 0 amide bonds. The number of halogens is 3. The molecule has 4 nitrogen and oxygen atoms in total. The van der Waals surface area contributed by atoms with Crippen molar-refractivity contribution < 1.29 is 27.4 Å². The Morgan fingerprint density at radius 2 is 1.73 bits per heavy atom. The molecule has 1 aromatic heterocycles. The summed E-state index contributed by atoms with van der Waals surface area (Å²) in [7, 11) is 0. The van der Waals surface area contributed by atoms with Gasteiger partial charge in [-0.2, -0.15) is 13.2 Å². The molecule has 0 unspecified atom stereocenters. The van der Waals surface area contributed by atoms with E-state index in [0.29, 0.717) is 37.3 Å². The number of carbonyl (C=O) groups is 1. The molecule has 3 rings (SSSR count). The van der Waals surface area contributed by atoms with E-state index >= 15 is 0 Å². The van der Waals surface area contributed by atoms with E-state index in [-0.39, 0.29) is 5.97 Å². The Labute approximate surface area is 191 Å². The van der Waals surface area contributed by atoms with Gasteiger partial charge >= 0.3 is 12.1 Å². The molecule has 0 aliphatic carbocycles. The summed E-state index contributed by atoms with van der Waals surface area (Å²) < 4.78 is 49.2. The van der Waals surface area contributed by atoms with Crippen molar-refractivity contribution >= 4 is 5.97 Å². The van der Waals surface area contributed by atoms with Gasteiger partial charge in [0.25, 0.3) is 0 Å². The Bertz CT molecular complexity index is 1110. The lowest BCUT2D eigenvalue weighted by atomic mass is 10.1. The number of nitrogens with zero attached hydrogens (tertiary/aromatic N) is 1. The quantitative estimate of drug-likeness (QED) is 0.364. The SMILES string of the molecule is CCOC(=O)CCc1ccc(OCc2ccc(-c3ccc(C(F)(F)F)cc3)nc2C)c(C)c1. The van der Waals surface area contributed by atoms with Crippen molar-refractivity contribution in [1.82, 2.24) is 4.98 Å². The minimum Gasteiger partial charge on any atom is -0.489 e. The van der Waals surface area contributed by atoms with Crippen molar-refractivity contribution in [3.05, 3.63) is 82.5 Å². The number of aromatic nitrogens is 1. The predicted octanol–water partition coefficient (Wildman–Crippen LogP) is 6.46. The Kier molecular flexibility index (Phi) is 7.74. The van der Waals surface area contributed by atoms with Crippen LogP contribution in [0.1, 0.15) is 41.3 Å². The van der Waals surface area contributed by atoms with Crippen LogP contribution in [0.25, 0.3) is 11.3 Å². The van der Waals surface area contributed by atoms with Gasteiger partial charge in [-0.1, -0.05) is 30.3 Å². The lowest BCUT2D eigenvalue weighted by Crippen LogP contribution is -2.05. The van der Waals surface area contributed by atoms with Crippen LogP contribution >= 0.6 is 0 Å². The van der Waals surface area contributed by atoms with Crippen LogP contribution in [0.5, 0.6) is 5.75 Å². The van der Waals surface area contributed by atoms with Crippen LogP contribution in [0.3, 0.4) is 0 Å². The average Bonchev–Trinajstić information content (AvgIpc) is 2.77. The predicted molar refractivity (Wildman–Crippen MR) is 120 cm³/mol. The van der Waals surface area contributed by atoms with Crippen molar-refractivity contribution in [2.24, 2.45) is 0 Å². The number of carbonyl (C=O) groups excluding carboxylic acids is 1. The van der Waals surface area contributed by atoms with E-state index < -0.39 is 11.7 Å². The highest BCUT2D eigenvalue weighted by Gasteiger charge is 2.30. The van der Waals surface area contributed by atoms with Gasteiger partial charge in [0.15, 0.2) is 0 Å². The number of hydrogen-bond donors (Lipinski definition) is 0. The van der Waals surface area contributed by atoms with Gasteiger partial charge in [-0.05, 0) is 62.6 Å². The summed E-state index contributed by atoms with van der Waals surface area (Å²) in [6, 6.07) is 14.4. The van der Waals surface area contributed by atoms with Crippen LogP contribution in [0.4, 0.5) is 13.2 Å². The lowest BCUT2D eigenvalue weighted by molar-refractivity contribution is -0.143. The summed E-state index contributed by atoms with van der Waals surface area (Å²) in [5.74, 6) is 0.527. The zero-order valence-electron chi connectivity index (χ0n) is 18.8. The van der Waals surface area contributed by atoms with Gasteiger partial charge in [-0.3, -0.25) is 9.78 Å². The smallest absolute Gasteiger partial charge is 0.416 e. The summed E-state index contributed by atoms with van der Waals surface area (Å²) in [4.78, 5) is 16.1. The van der Waals surface area contributed by atoms with E-state index in [0.717, 1.165) is 40.3 Å². The van der Waals surface area contributed by atoms with Crippen LogP contribution in [0, 0.1) is 13.8 Å². The molecule has 0 saturated heterocycles. The maximum absolute atomic E-state index is 12.8. The molecule has 0 spiro atoms. The van der Waals surface area contributed by atoms with Gasteiger partial charge in [0.2, 0.25) is 0 Å². The second-order valence-corrected chi connectivity index (χ2v) is 7.71. The molecule has 0 N–H and O–H groups in total. The van der Waals surface area contributed by atoms with Crippen LogP contribution in [-0.2, 0) is 28.7 Å². The Hall–Kier alpha value is -3.35. The summed E-state index contributed by atoms with van der Waals surface area (Å²) in [6.45, 7) is 6.27. The maximum atomic E-state index is 12.8. The van der Waals surface area contributed by atoms with Gasteiger partial charge in [-0.15, -0.1) is 0 Å². The molecule has 7 heteroatoms. The number of hydrogen-bond acceptors (Lipinski definition) is 4. The zero-order chi connectivity index (χ0) is 24.0. The zero-order valence-corrected chi connectivity index (χ0v) is 18.8. The number of benzene rings is 2. The van der Waals surface area contributed by atoms with Crippen molar-refractivity contribution in [3.8, 4) is 17.0 Å². The summed E-state index contributed by atoms with van der Waals surface area (Å²) in [6.07, 6.45) is -3.42. The van der Waals surface area contributed by atoms with Crippen molar-refractivity contribution in [2.75, 3.05) is 6.61 Å². The fourth-order valence-corrected chi connectivity index (χ4v) is 3.40. The number of alkyl halides is 3. The summed E-state index contributed by atoms with van der Waals surface area (Å²) in [5, 5.41) is 0. The first kappa shape index (κ1) is 24.3. The molecule has 33 heavy (non-hydrogen) atoms. The largest absolute Gasteiger partial charge is 0.489 e. The van der Waals surface area contributed by atoms with E-state index in [1.54, 1.807) is 13.0 Å². The molecule has 0 radical (unpaired) electrons. The van der Waals surface area contributed by atoms with Gasteiger partial charge in [0.05, 0.1) is 17.9 Å². The number of ether oxygens (including phenoxy) is 2. The lowest BCUT2D eigenvalue weighted by Gasteiger charge is -2.13. The normalized spacial score (nSPS) is 11.3. The maximum Gasteiger partial charge on any atom is 0.416 e. The molecule has 0 aliphatic rings. The minimum absolute atomic E-state index is 0.210. The van der Waals surface area contributed by atoms with Gasteiger partial charge in [0.1, 0.15) is 12.4 Å². The van der Waals surface area contributed by atoms with Gasteiger partial charge in [-0.25, -0.2) is 0 Å².